The van der Waals surface area contributed by atoms with Gasteiger partial charge < -0.3 is 10.1 Å². The standard InChI is InChI=1S/C18H17N3O2/c1-23-17-9-7-16(8-10-17)20-18(22)15-5-3-14(4-6-15)13-21-12-2-11-19-21/h2-12H,13H2,1H3,(H,20,22). The van der Waals surface area contributed by atoms with Gasteiger partial charge in [-0.3, -0.25) is 9.48 Å². The Kier molecular flexibility index (Phi) is 4.38. The van der Waals surface area contributed by atoms with Crippen LogP contribution in [0, 0.1) is 0 Å². The molecular weight excluding hydrogens is 290 g/mol. The summed E-state index contributed by atoms with van der Waals surface area (Å²) in [5, 5.41) is 7.03. The normalized spacial score (nSPS) is 10.3. The van der Waals surface area contributed by atoms with Crippen LogP contribution < -0.4 is 10.1 Å². The summed E-state index contributed by atoms with van der Waals surface area (Å²) < 4.78 is 6.93. The van der Waals surface area contributed by atoms with E-state index in [-0.39, 0.29) is 5.91 Å². The zero-order valence-electron chi connectivity index (χ0n) is 12.8. The summed E-state index contributed by atoms with van der Waals surface area (Å²) in [7, 11) is 1.61. The predicted octanol–water partition coefficient (Wildman–Crippen LogP) is 3.19. The van der Waals surface area contributed by atoms with Gasteiger partial charge in [0.1, 0.15) is 5.75 Å². The van der Waals surface area contributed by atoms with Crippen molar-refractivity contribution in [3.63, 3.8) is 0 Å². The lowest BCUT2D eigenvalue weighted by atomic mass is 10.1. The molecule has 116 valence electrons. The molecule has 0 saturated heterocycles. The smallest absolute Gasteiger partial charge is 0.255 e. The molecular formula is C18H17N3O2. The molecule has 0 fully saturated rings. The summed E-state index contributed by atoms with van der Waals surface area (Å²) >= 11 is 0. The van der Waals surface area contributed by atoms with Gasteiger partial charge in [-0.05, 0) is 48.0 Å². The molecule has 1 aromatic heterocycles. The summed E-state index contributed by atoms with van der Waals surface area (Å²) in [6.07, 6.45) is 3.65. The fourth-order valence-corrected chi connectivity index (χ4v) is 2.22. The Hall–Kier alpha value is -3.08. The fraction of sp³-hybridized carbons (Fsp3) is 0.111. The molecule has 3 aromatic rings. The molecule has 0 atom stereocenters. The number of aromatic nitrogens is 2. The average molecular weight is 307 g/mol. The number of carbonyl (C=O) groups excluding carboxylic acids is 1. The summed E-state index contributed by atoms with van der Waals surface area (Å²) in [6, 6.07) is 16.6. The van der Waals surface area contributed by atoms with Gasteiger partial charge in [-0.1, -0.05) is 12.1 Å². The third-order valence-corrected chi connectivity index (χ3v) is 3.47. The zero-order chi connectivity index (χ0) is 16.1. The Balaban J connectivity index is 1.64. The van der Waals surface area contributed by atoms with E-state index in [1.54, 1.807) is 13.3 Å². The predicted molar refractivity (Wildman–Crippen MR) is 88.7 cm³/mol. The quantitative estimate of drug-likeness (QED) is 0.787. The molecule has 5 nitrogen and oxygen atoms in total. The molecule has 0 saturated carbocycles. The topological polar surface area (TPSA) is 56.1 Å². The van der Waals surface area contributed by atoms with E-state index in [4.69, 9.17) is 4.74 Å². The molecule has 1 heterocycles. The van der Waals surface area contributed by atoms with Crippen molar-refractivity contribution in [2.45, 2.75) is 6.54 Å². The summed E-state index contributed by atoms with van der Waals surface area (Å²) in [6.45, 7) is 0.688. The molecule has 0 bridgehead atoms. The van der Waals surface area contributed by atoms with Crippen LogP contribution in [0.4, 0.5) is 5.69 Å². The van der Waals surface area contributed by atoms with Crippen LogP contribution in [0.3, 0.4) is 0 Å². The van der Waals surface area contributed by atoms with Crippen LogP contribution in [0.25, 0.3) is 0 Å². The molecule has 1 amide bonds. The van der Waals surface area contributed by atoms with Gasteiger partial charge in [-0.15, -0.1) is 0 Å². The second-order valence-corrected chi connectivity index (χ2v) is 5.08. The summed E-state index contributed by atoms with van der Waals surface area (Å²) in [5.41, 5.74) is 2.44. The van der Waals surface area contributed by atoms with Gasteiger partial charge in [0.15, 0.2) is 0 Å². The van der Waals surface area contributed by atoms with E-state index >= 15 is 0 Å². The number of benzene rings is 2. The first-order valence-electron chi connectivity index (χ1n) is 7.26. The number of rotatable bonds is 5. The number of nitrogens with one attached hydrogen (secondary N) is 1. The van der Waals surface area contributed by atoms with Crippen LogP contribution in [0.15, 0.2) is 67.0 Å². The van der Waals surface area contributed by atoms with Crippen molar-refractivity contribution in [1.82, 2.24) is 9.78 Å². The SMILES string of the molecule is COc1ccc(NC(=O)c2ccc(Cn3cccn3)cc2)cc1. The monoisotopic (exact) mass is 307 g/mol. The van der Waals surface area contributed by atoms with E-state index in [1.165, 1.54) is 0 Å². The molecule has 1 N–H and O–H groups in total. The van der Waals surface area contributed by atoms with E-state index in [0.717, 1.165) is 17.0 Å². The molecule has 0 aliphatic carbocycles. The number of ether oxygens (including phenoxy) is 1. The maximum atomic E-state index is 12.2. The van der Waals surface area contributed by atoms with Gasteiger partial charge in [0.05, 0.1) is 13.7 Å². The first-order valence-corrected chi connectivity index (χ1v) is 7.26. The Labute approximate surface area is 134 Å². The lowest BCUT2D eigenvalue weighted by molar-refractivity contribution is 0.102. The number of carbonyl (C=O) groups is 1. The van der Waals surface area contributed by atoms with Crippen molar-refractivity contribution in [1.29, 1.82) is 0 Å². The zero-order valence-corrected chi connectivity index (χ0v) is 12.8. The number of hydrogen-bond acceptors (Lipinski definition) is 3. The van der Waals surface area contributed by atoms with Gasteiger partial charge >= 0.3 is 0 Å². The highest BCUT2D eigenvalue weighted by atomic mass is 16.5. The Bertz CT molecular complexity index is 763. The number of methoxy groups -OCH3 is 1. The number of hydrogen-bond donors (Lipinski definition) is 1. The van der Waals surface area contributed by atoms with E-state index in [2.05, 4.69) is 10.4 Å². The number of amides is 1. The second kappa shape index (κ2) is 6.79. The Morgan fingerprint density at radius 3 is 2.48 bits per heavy atom. The molecule has 2 aromatic carbocycles. The third-order valence-electron chi connectivity index (χ3n) is 3.47. The van der Waals surface area contributed by atoms with Crippen molar-refractivity contribution in [2.75, 3.05) is 12.4 Å². The highest BCUT2D eigenvalue weighted by molar-refractivity contribution is 6.04. The maximum absolute atomic E-state index is 12.2. The molecule has 0 spiro atoms. The molecule has 5 heteroatoms. The van der Waals surface area contributed by atoms with Crippen LogP contribution in [0.1, 0.15) is 15.9 Å². The lowest BCUT2D eigenvalue weighted by Crippen LogP contribution is -2.12. The van der Waals surface area contributed by atoms with Crippen LogP contribution >= 0.6 is 0 Å². The average Bonchev–Trinajstić information content (AvgIpc) is 3.09. The van der Waals surface area contributed by atoms with Gasteiger partial charge in [0.25, 0.3) is 5.91 Å². The highest BCUT2D eigenvalue weighted by Crippen LogP contribution is 2.16. The first-order chi connectivity index (χ1) is 11.2. The van der Waals surface area contributed by atoms with Crippen LogP contribution in [-0.4, -0.2) is 22.8 Å². The summed E-state index contributed by atoms with van der Waals surface area (Å²) in [4.78, 5) is 12.2. The van der Waals surface area contributed by atoms with Crippen molar-refractivity contribution >= 4 is 11.6 Å². The van der Waals surface area contributed by atoms with Gasteiger partial charge in [-0.25, -0.2) is 0 Å². The molecule has 0 radical (unpaired) electrons. The second-order valence-electron chi connectivity index (χ2n) is 5.08. The van der Waals surface area contributed by atoms with E-state index in [9.17, 15) is 4.79 Å². The van der Waals surface area contributed by atoms with Crippen molar-refractivity contribution in [2.24, 2.45) is 0 Å². The molecule has 23 heavy (non-hydrogen) atoms. The Morgan fingerprint density at radius 2 is 1.87 bits per heavy atom. The van der Waals surface area contributed by atoms with E-state index in [1.807, 2.05) is 65.5 Å². The minimum atomic E-state index is -0.138. The van der Waals surface area contributed by atoms with Crippen LogP contribution in [-0.2, 0) is 6.54 Å². The van der Waals surface area contributed by atoms with Crippen molar-refractivity contribution in [3.8, 4) is 5.75 Å². The van der Waals surface area contributed by atoms with Gasteiger partial charge in [0.2, 0.25) is 0 Å². The third kappa shape index (κ3) is 3.77. The van der Waals surface area contributed by atoms with E-state index in [0.29, 0.717) is 12.1 Å². The first kappa shape index (κ1) is 14.8. The molecule has 3 rings (SSSR count). The lowest BCUT2D eigenvalue weighted by Gasteiger charge is -2.07. The van der Waals surface area contributed by atoms with Crippen LogP contribution in [0.5, 0.6) is 5.75 Å². The summed E-state index contributed by atoms with van der Waals surface area (Å²) in [5.74, 6) is 0.617. The molecule has 0 aliphatic rings. The van der Waals surface area contributed by atoms with Crippen molar-refractivity contribution in [3.05, 3.63) is 78.1 Å². The minimum Gasteiger partial charge on any atom is -0.497 e. The Morgan fingerprint density at radius 1 is 1.13 bits per heavy atom. The largest absolute Gasteiger partial charge is 0.497 e. The van der Waals surface area contributed by atoms with Gasteiger partial charge in [-0.2, -0.15) is 5.10 Å². The maximum Gasteiger partial charge on any atom is 0.255 e. The van der Waals surface area contributed by atoms with Crippen LogP contribution in [0.2, 0.25) is 0 Å². The minimum absolute atomic E-state index is 0.138. The van der Waals surface area contributed by atoms with Crippen molar-refractivity contribution < 1.29 is 9.53 Å². The fourth-order valence-electron chi connectivity index (χ4n) is 2.22. The number of anilines is 1. The molecule has 0 unspecified atom stereocenters. The molecule has 0 aliphatic heterocycles. The highest BCUT2D eigenvalue weighted by Gasteiger charge is 2.06. The van der Waals surface area contributed by atoms with Gasteiger partial charge in [0, 0.05) is 23.6 Å². The van der Waals surface area contributed by atoms with E-state index < -0.39 is 0 Å². The number of nitrogens with zero attached hydrogens (tertiary/aromatic N) is 2.